The van der Waals surface area contributed by atoms with Crippen molar-refractivity contribution in [2.45, 2.75) is 19.4 Å². The Morgan fingerprint density at radius 1 is 1.67 bits per heavy atom. The van der Waals surface area contributed by atoms with Crippen LogP contribution in [0.25, 0.3) is 0 Å². The van der Waals surface area contributed by atoms with Gasteiger partial charge in [0.15, 0.2) is 17.7 Å². The van der Waals surface area contributed by atoms with Crippen molar-refractivity contribution in [3.63, 3.8) is 0 Å². The van der Waals surface area contributed by atoms with Gasteiger partial charge in [-0.25, -0.2) is 9.18 Å². The first-order chi connectivity index (χ1) is 7.04. The third-order valence-corrected chi connectivity index (χ3v) is 2.04. The van der Waals surface area contributed by atoms with E-state index in [1.54, 1.807) is 6.92 Å². The lowest BCUT2D eigenvalue weighted by atomic mass is 10.2. The summed E-state index contributed by atoms with van der Waals surface area (Å²) in [6, 6.07) is 3.82. The second-order valence-corrected chi connectivity index (χ2v) is 3.36. The van der Waals surface area contributed by atoms with Crippen LogP contribution in [0.15, 0.2) is 18.2 Å². The van der Waals surface area contributed by atoms with Crippen molar-refractivity contribution >= 4 is 17.6 Å². The maximum Gasteiger partial charge on any atom is 0.344 e. The number of rotatable bonds is 4. The third-order valence-electron chi connectivity index (χ3n) is 1.81. The molecule has 0 saturated heterocycles. The van der Waals surface area contributed by atoms with Gasteiger partial charge in [-0.1, -0.05) is 18.5 Å². The first-order valence-electron chi connectivity index (χ1n) is 4.39. The van der Waals surface area contributed by atoms with Crippen LogP contribution < -0.4 is 4.74 Å². The number of halogens is 2. The minimum Gasteiger partial charge on any atom is -0.479 e. The van der Waals surface area contributed by atoms with Crippen molar-refractivity contribution in [1.82, 2.24) is 0 Å². The Morgan fingerprint density at radius 3 is 2.80 bits per heavy atom. The average molecular weight is 233 g/mol. The van der Waals surface area contributed by atoms with E-state index in [-0.39, 0.29) is 17.2 Å². The van der Waals surface area contributed by atoms with Crippen molar-refractivity contribution in [2.24, 2.45) is 0 Å². The predicted molar refractivity (Wildman–Crippen MR) is 53.8 cm³/mol. The van der Waals surface area contributed by atoms with Gasteiger partial charge in [-0.2, -0.15) is 0 Å². The van der Waals surface area contributed by atoms with E-state index in [2.05, 4.69) is 0 Å². The van der Waals surface area contributed by atoms with Gasteiger partial charge in [0.1, 0.15) is 0 Å². The Balaban J connectivity index is 2.84. The molecule has 0 aliphatic heterocycles. The number of carbonyl (C=O) groups is 1. The van der Waals surface area contributed by atoms with Gasteiger partial charge in [-0.15, -0.1) is 0 Å². The summed E-state index contributed by atoms with van der Waals surface area (Å²) in [4.78, 5) is 10.6. The second kappa shape index (κ2) is 4.98. The molecule has 5 heteroatoms. The number of benzene rings is 1. The van der Waals surface area contributed by atoms with Gasteiger partial charge < -0.3 is 9.84 Å². The summed E-state index contributed by atoms with van der Waals surface area (Å²) >= 11 is 5.54. The number of ether oxygens (including phenoxy) is 1. The van der Waals surface area contributed by atoms with E-state index < -0.39 is 17.9 Å². The van der Waals surface area contributed by atoms with Crippen molar-refractivity contribution < 1.29 is 19.0 Å². The number of aliphatic carboxylic acids is 1. The molecule has 0 radical (unpaired) electrons. The Bertz CT molecular complexity index is 368. The summed E-state index contributed by atoms with van der Waals surface area (Å²) in [5.41, 5.74) is 0. The molecule has 0 spiro atoms. The van der Waals surface area contributed by atoms with Crippen LogP contribution in [0.1, 0.15) is 13.3 Å². The van der Waals surface area contributed by atoms with Crippen LogP contribution in [0, 0.1) is 5.82 Å². The predicted octanol–water partition coefficient (Wildman–Crippen LogP) is 2.72. The van der Waals surface area contributed by atoms with Gasteiger partial charge in [0, 0.05) is 5.02 Å². The largest absolute Gasteiger partial charge is 0.479 e. The van der Waals surface area contributed by atoms with Crippen LogP contribution in [0.2, 0.25) is 5.02 Å². The number of hydrogen-bond donors (Lipinski definition) is 1. The van der Waals surface area contributed by atoms with Crippen molar-refractivity contribution in [3.8, 4) is 5.75 Å². The molecule has 0 bridgehead atoms. The molecule has 1 unspecified atom stereocenters. The first kappa shape index (κ1) is 11.8. The molecule has 1 aromatic rings. The summed E-state index contributed by atoms with van der Waals surface area (Å²) in [6.07, 6.45) is -0.780. The van der Waals surface area contributed by atoms with E-state index in [0.29, 0.717) is 0 Å². The van der Waals surface area contributed by atoms with Gasteiger partial charge in [-0.05, 0) is 24.6 Å². The minimum absolute atomic E-state index is 0.103. The van der Waals surface area contributed by atoms with Crippen LogP contribution in [-0.2, 0) is 4.79 Å². The SMILES string of the molecule is CCC(Oc1ccc(Cl)cc1F)C(=O)O. The smallest absolute Gasteiger partial charge is 0.344 e. The molecule has 0 aliphatic carbocycles. The standard InChI is InChI=1S/C10H10ClFO3/c1-2-8(10(13)14)15-9-4-3-6(11)5-7(9)12/h3-5,8H,2H2,1H3,(H,13,14). The van der Waals surface area contributed by atoms with E-state index in [1.165, 1.54) is 12.1 Å². The number of hydrogen-bond acceptors (Lipinski definition) is 2. The van der Waals surface area contributed by atoms with Gasteiger partial charge >= 0.3 is 5.97 Å². The van der Waals surface area contributed by atoms with Crippen LogP contribution in [-0.4, -0.2) is 17.2 Å². The molecular formula is C10H10ClFO3. The summed E-state index contributed by atoms with van der Waals surface area (Å²) < 4.78 is 18.2. The quantitative estimate of drug-likeness (QED) is 0.868. The maximum absolute atomic E-state index is 13.2. The normalized spacial score (nSPS) is 12.2. The molecule has 0 heterocycles. The minimum atomic E-state index is -1.12. The molecule has 1 N–H and O–H groups in total. The van der Waals surface area contributed by atoms with Crippen LogP contribution in [0.5, 0.6) is 5.75 Å². The molecule has 15 heavy (non-hydrogen) atoms. The molecule has 1 atom stereocenters. The Hall–Kier alpha value is -1.29. The van der Waals surface area contributed by atoms with E-state index in [9.17, 15) is 9.18 Å². The summed E-state index contributed by atoms with van der Waals surface area (Å²) in [5, 5.41) is 8.95. The highest BCUT2D eigenvalue weighted by molar-refractivity contribution is 6.30. The zero-order valence-corrected chi connectivity index (χ0v) is 8.79. The van der Waals surface area contributed by atoms with Crippen molar-refractivity contribution in [1.29, 1.82) is 0 Å². The molecule has 0 fully saturated rings. The molecule has 0 aliphatic rings. The van der Waals surface area contributed by atoms with Gasteiger partial charge in [0.2, 0.25) is 0 Å². The highest BCUT2D eigenvalue weighted by atomic mass is 35.5. The van der Waals surface area contributed by atoms with Gasteiger partial charge in [0.25, 0.3) is 0 Å². The summed E-state index contributed by atoms with van der Waals surface area (Å²) in [6.45, 7) is 1.65. The van der Waals surface area contributed by atoms with Crippen LogP contribution in [0.4, 0.5) is 4.39 Å². The summed E-state index contributed by atoms with van der Waals surface area (Å²) in [5.74, 6) is -1.89. The highest BCUT2D eigenvalue weighted by Crippen LogP contribution is 2.22. The molecule has 0 aromatic heterocycles. The Kier molecular flexibility index (Phi) is 3.91. The monoisotopic (exact) mass is 232 g/mol. The molecule has 1 rings (SSSR count). The number of carboxylic acid groups (broad SMARTS) is 1. The van der Waals surface area contributed by atoms with Crippen molar-refractivity contribution in [2.75, 3.05) is 0 Å². The molecule has 0 saturated carbocycles. The first-order valence-corrected chi connectivity index (χ1v) is 4.77. The molecule has 82 valence electrons. The lowest BCUT2D eigenvalue weighted by Gasteiger charge is -2.13. The fourth-order valence-electron chi connectivity index (χ4n) is 1.03. The lowest BCUT2D eigenvalue weighted by molar-refractivity contribution is -0.145. The zero-order valence-electron chi connectivity index (χ0n) is 8.04. The second-order valence-electron chi connectivity index (χ2n) is 2.93. The average Bonchev–Trinajstić information content (AvgIpc) is 2.16. The third kappa shape index (κ3) is 3.09. The van der Waals surface area contributed by atoms with Crippen LogP contribution in [0.3, 0.4) is 0 Å². The highest BCUT2D eigenvalue weighted by Gasteiger charge is 2.18. The van der Waals surface area contributed by atoms with E-state index in [0.717, 1.165) is 6.07 Å². The molecular weight excluding hydrogens is 223 g/mol. The Labute approximate surface area is 91.4 Å². The van der Waals surface area contributed by atoms with Gasteiger partial charge in [-0.3, -0.25) is 0 Å². The van der Waals surface area contributed by atoms with Gasteiger partial charge in [0.05, 0.1) is 0 Å². The maximum atomic E-state index is 13.2. The summed E-state index contributed by atoms with van der Waals surface area (Å²) in [7, 11) is 0. The lowest BCUT2D eigenvalue weighted by Crippen LogP contribution is -2.26. The van der Waals surface area contributed by atoms with Crippen LogP contribution >= 0.6 is 11.6 Å². The molecule has 3 nitrogen and oxygen atoms in total. The van der Waals surface area contributed by atoms with Crippen molar-refractivity contribution in [3.05, 3.63) is 29.0 Å². The fourth-order valence-corrected chi connectivity index (χ4v) is 1.19. The van der Waals surface area contributed by atoms with E-state index in [1.807, 2.05) is 0 Å². The fraction of sp³-hybridized carbons (Fsp3) is 0.300. The number of carboxylic acids is 1. The Morgan fingerprint density at radius 2 is 2.33 bits per heavy atom. The topological polar surface area (TPSA) is 46.5 Å². The van der Waals surface area contributed by atoms with E-state index in [4.69, 9.17) is 21.4 Å². The molecule has 0 amide bonds. The molecule has 1 aromatic carbocycles. The van der Waals surface area contributed by atoms with E-state index >= 15 is 0 Å². The zero-order chi connectivity index (χ0) is 11.4.